The van der Waals surface area contributed by atoms with Crippen molar-refractivity contribution in [3.05, 3.63) is 60.0 Å². The van der Waals surface area contributed by atoms with Crippen molar-refractivity contribution < 1.29 is 18.7 Å². The number of carbonyl (C=O) groups excluding carboxylic acids is 2. The van der Waals surface area contributed by atoms with Crippen LogP contribution in [0.4, 0.5) is 15.0 Å². The molecule has 156 valence electrons. The van der Waals surface area contributed by atoms with E-state index in [2.05, 4.69) is 9.88 Å². The van der Waals surface area contributed by atoms with Gasteiger partial charge in [0, 0.05) is 37.7 Å². The number of amides is 2. The van der Waals surface area contributed by atoms with Crippen LogP contribution in [-0.2, 0) is 9.53 Å². The monoisotopic (exact) mass is 410 g/mol. The largest absolute Gasteiger partial charge is 0.448 e. The van der Waals surface area contributed by atoms with Crippen molar-refractivity contribution in [1.29, 1.82) is 0 Å². The summed E-state index contributed by atoms with van der Waals surface area (Å²) in [6.07, 6.45) is 1.32. The maximum atomic E-state index is 14.0. The Labute approximate surface area is 174 Å². The molecule has 3 aliphatic rings. The van der Waals surface area contributed by atoms with Crippen LogP contribution in [0.2, 0.25) is 0 Å². The first kappa shape index (κ1) is 18.8. The lowest BCUT2D eigenvalue weighted by Crippen LogP contribution is -2.42. The third-order valence-corrected chi connectivity index (χ3v) is 6.32. The van der Waals surface area contributed by atoms with Crippen LogP contribution in [0.5, 0.6) is 0 Å². The summed E-state index contributed by atoms with van der Waals surface area (Å²) in [5.74, 6) is 0.911. The molecule has 0 aliphatic carbocycles. The van der Waals surface area contributed by atoms with E-state index in [-0.39, 0.29) is 36.1 Å². The number of rotatable bonds is 4. The van der Waals surface area contributed by atoms with E-state index in [1.807, 2.05) is 29.2 Å². The number of pyridine rings is 1. The lowest BCUT2D eigenvalue weighted by Gasteiger charge is -2.31. The minimum Gasteiger partial charge on any atom is -0.448 e. The Hall–Kier alpha value is -3.16. The Kier molecular flexibility index (Phi) is 4.77. The van der Waals surface area contributed by atoms with Gasteiger partial charge in [-0.1, -0.05) is 18.2 Å². The minimum absolute atomic E-state index is 0.00591. The number of ether oxygens (including phenoxy) is 1. The fourth-order valence-corrected chi connectivity index (χ4v) is 4.97. The molecule has 3 atom stereocenters. The molecule has 2 aromatic rings. The molecule has 2 amide bonds. The van der Waals surface area contributed by atoms with E-state index in [1.54, 1.807) is 12.3 Å². The third kappa shape index (κ3) is 3.36. The summed E-state index contributed by atoms with van der Waals surface area (Å²) >= 11 is 0. The predicted octanol–water partition coefficient (Wildman–Crippen LogP) is 2.31. The maximum absolute atomic E-state index is 14.0. The quantitative estimate of drug-likeness (QED) is 0.774. The van der Waals surface area contributed by atoms with Gasteiger partial charge in [-0.2, -0.15) is 0 Å². The Morgan fingerprint density at radius 1 is 1.17 bits per heavy atom. The van der Waals surface area contributed by atoms with Crippen molar-refractivity contribution in [2.45, 2.75) is 6.04 Å². The van der Waals surface area contributed by atoms with Crippen molar-refractivity contribution in [2.75, 3.05) is 44.2 Å². The second kappa shape index (κ2) is 7.59. The van der Waals surface area contributed by atoms with Crippen LogP contribution < -0.4 is 4.90 Å². The van der Waals surface area contributed by atoms with Crippen LogP contribution in [0.1, 0.15) is 11.6 Å². The first-order valence-corrected chi connectivity index (χ1v) is 10.2. The zero-order valence-electron chi connectivity index (χ0n) is 16.5. The highest BCUT2D eigenvalue weighted by Crippen LogP contribution is 2.45. The van der Waals surface area contributed by atoms with Crippen molar-refractivity contribution in [2.24, 2.45) is 11.8 Å². The SMILES string of the molecule is O=C1OCCN1CC(=O)N1C[C@@H]2CN(c3ccccn3)C[C@@H]2[C@H]1c1cccc(F)c1. The van der Waals surface area contributed by atoms with Crippen molar-refractivity contribution in [3.63, 3.8) is 0 Å². The van der Waals surface area contributed by atoms with Gasteiger partial charge in [-0.15, -0.1) is 0 Å². The van der Waals surface area contributed by atoms with E-state index in [1.165, 1.54) is 17.0 Å². The fourth-order valence-electron chi connectivity index (χ4n) is 4.97. The molecular formula is C22H23FN4O3. The molecule has 7 nitrogen and oxygen atoms in total. The molecule has 0 spiro atoms. The van der Waals surface area contributed by atoms with Gasteiger partial charge in [0.2, 0.25) is 5.91 Å². The van der Waals surface area contributed by atoms with Gasteiger partial charge < -0.3 is 14.5 Å². The van der Waals surface area contributed by atoms with E-state index < -0.39 is 6.09 Å². The number of benzene rings is 1. The summed E-state index contributed by atoms with van der Waals surface area (Å²) < 4.78 is 19.0. The Balaban J connectivity index is 1.41. The number of halogens is 1. The molecular weight excluding hydrogens is 387 g/mol. The number of carbonyl (C=O) groups is 2. The smallest absolute Gasteiger partial charge is 0.410 e. The average Bonchev–Trinajstić information content (AvgIpc) is 3.43. The van der Waals surface area contributed by atoms with Gasteiger partial charge in [0.25, 0.3) is 0 Å². The maximum Gasteiger partial charge on any atom is 0.410 e. The highest BCUT2D eigenvalue weighted by atomic mass is 19.1. The first-order valence-electron chi connectivity index (χ1n) is 10.2. The molecule has 4 heterocycles. The summed E-state index contributed by atoms with van der Waals surface area (Å²) in [7, 11) is 0. The minimum atomic E-state index is -0.452. The second-order valence-corrected chi connectivity index (χ2v) is 8.10. The zero-order chi connectivity index (χ0) is 20.7. The molecule has 0 N–H and O–H groups in total. The molecule has 0 radical (unpaired) electrons. The van der Waals surface area contributed by atoms with Gasteiger partial charge in [0.15, 0.2) is 0 Å². The topological polar surface area (TPSA) is 66.0 Å². The Morgan fingerprint density at radius 3 is 2.80 bits per heavy atom. The van der Waals surface area contributed by atoms with Gasteiger partial charge in [0.05, 0.1) is 12.6 Å². The summed E-state index contributed by atoms with van der Waals surface area (Å²) in [6.45, 7) is 2.85. The molecule has 0 unspecified atom stereocenters. The van der Waals surface area contributed by atoms with Gasteiger partial charge in [-0.3, -0.25) is 9.69 Å². The van der Waals surface area contributed by atoms with Gasteiger partial charge in [0.1, 0.15) is 24.8 Å². The lowest BCUT2D eigenvalue weighted by atomic mass is 9.89. The van der Waals surface area contributed by atoms with E-state index in [4.69, 9.17) is 4.74 Å². The zero-order valence-corrected chi connectivity index (χ0v) is 16.5. The molecule has 30 heavy (non-hydrogen) atoms. The van der Waals surface area contributed by atoms with Crippen molar-refractivity contribution in [3.8, 4) is 0 Å². The van der Waals surface area contributed by atoms with Crippen LogP contribution >= 0.6 is 0 Å². The molecule has 1 aromatic heterocycles. The molecule has 1 aromatic carbocycles. The number of likely N-dealkylation sites (tertiary alicyclic amines) is 1. The normalized spacial score (nSPS) is 25.6. The van der Waals surface area contributed by atoms with E-state index in [0.717, 1.165) is 24.5 Å². The number of nitrogens with zero attached hydrogens (tertiary/aromatic N) is 4. The fraction of sp³-hybridized carbons (Fsp3) is 0.409. The van der Waals surface area contributed by atoms with E-state index >= 15 is 0 Å². The van der Waals surface area contributed by atoms with Crippen LogP contribution in [0.3, 0.4) is 0 Å². The Morgan fingerprint density at radius 2 is 2.07 bits per heavy atom. The average molecular weight is 410 g/mol. The highest BCUT2D eigenvalue weighted by molar-refractivity contribution is 5.83. The van der Waals surface area contributed by atoms with Crippen molar-refractivity contribution >= 4 is 17.8 Å². The van der Waals surface area contributed by atoms with Gasteiger partial charge in [-0.05, 0) is 29.8 Å². The van der Waals surface area contributed by atoms with Crippen LogP contribution in [0.25, 0.3) is 0 Å². The molecule has 3 aliphatic heterocycles. The predicted molar refractivity (Wildman–Crippen MR) is 107 cm³/mol. The van der Waals surface area contributed by atoms with Crippen LogP contribution in [0.15, 0.2) is 48.7 Å². The number of hydrogen-bond acceptors (Lipinski definition) is 5. The molecule has 3 fully saturated rings. The van der Waals surface area contributed by atoms with E-state index in [9.17, 15) is 14.0 Å². The standard InChI is InChI=1S/C22H23FN4O3/c23-17-5-3-4-15(10-17)21-18-13-26(19-6-1-2-7-24-19)11-16(18)12-27(21)20(28)14-25-8-9-30-22(25)29/h1-7,10,16,18,21H,8-9,11-14H2/t16-,18-,21+/m0/s1. The number of cyclic esters (lactones) is 1. The second-order valence-electron chi connectivity index (χ2n) is 8.10. The van der Waals surface area contributed by atoms with Crippen LogP contribution in [0, 0.1) is 17.7 Å². The van der Waals surface area contributed by atoms with Gasteiger partial charge in [-0.25, -0.2) is 14.2 Å². The summed E-state index contributed by atoms with van der Waals surface area (Å²) in [6, 6.07) is 12.1. The number of hydrogen-bond donors (Lipinski definition) is 0. The summed E-state index contributed by atoms with van der Waals surface area (Å²) in [5, 5.41) is 0. The highest BCUT2D eigenvalue weighted by Gasteiger charge is 2.49. The number of fused-ring (bicyclic) bond motifs is 1. The number of anilines is 1. The van der Waals surface area contributed by atoms with E-state index in [0.29, 0.717) is 19.7 Å². The Bertz CT molecular complexity index is 956. The first-order chi connectivity index (χ1) is 14.6. The summed E-state index contributed by atoms with van der Waals surface area (Å²) in [4.78, 5) is 34.9. The van der Waals surface area contributed by atoms with Crippen molar-refractivity contribution in [1.82, 2.24) is 14.8 Å². The van der Waals surface area contributed by atoms with Gasteiger partial charge >= 0.3 is 6.09 Å². The summed E-state index contributed by atoms with van der Waals surface area (Å²) in [5.41, 5.74) is 0.794. The number of aromatic nitrogens is 1. The van der Waals surface area contributed by atoms with Crippen LogP contribution in [-0.4, -0.2) is 66.1 Å². The third-order valence-electron chi connectivity index (χ3n) is 6.32. The molecule has 0 bridgehead atoms. The molecule has 3 saturated heterocycles. The molecule has 5 rings (SSSR count). The molecule has 0 saturated carbocycles. The lowest BCUT2D eigenvalue weighted by molar-refractivity contribution is -0.133. The molecule has 8 heteroatoms.